The van der Waals surface area contributed by atoms with Crippen LogP contribution in [-0.4, -0.2) is 34.7 Å². The number of benzene rings is 1. The normalized spacial score (nSPS) is 11.8. The fraction of sp³-hybridized carbons (Fsp3) is 0.375. The molecule has 3 heterocycles. The number of aromatic amines is 1. The van der Waals surface area contributed by atoms with Gasteiger partial charge in [0.25, 0.3) is 0 Å². The zero-order valence-corrected chi connectivity index (χ0v) is 19.3. The Labute approximate surface area is 187 Å². The summed E-state index contributed by atoms with van der Waals surface area (Å²) in [5.41, 5.74) is 5.87. The SMILES string of the molecule is CCCc1c(C)n(C(C)(C)C)c(=O)n1Cc1ccc(-c2ccncc2-c2nn[nH]n2)cc1. The van der Waals surface area contributed by atoms with Crippen molar-refractivity contribution in [2.45, 2.75) is 59.5 Å². The van der Waals surface area contributed by atoms with Crippen molar-refractivity contribution >= 4 is 0 Å². The van der Waals surface area contributed by atoms with Crippen molar-refractivity contribution in [1.82, 2.24) is 34.7 Å². The molecule has 32 heavy (non-hydrogen) atoms. The van der Waals surface area contributed by atoms with Crippen LogP contribution in [0.5, 0.6) is 0 Å². The molecule has 3 aromatic heterocycles. The van der Waals surface area contributed by atoms with E-state index >= 15 is 0 Å². The van der Waals surface area contributed by atoms with E-state index in [-0.39, 0.29) is 11.2 Å². The molecule has 0 aliphatic carbocycles. The number of H-pyrrole nitrogens is 1. The first-order chi connectivity index (χ1) is 15.3. The van der Waals surface area contributed by atoms with Gasteiger partial charge < -0.3 is 0 Å². The third-order valence-electron chi connectivity index (χ3n) is 5.67. The Balaban J connectivity index is 1.69. The van der Waals surface area contributed by atoms with Crippen molar-refractivity contribution in [3.8, 4) is 22.5 Å². The molecule has 0 atom stereocenters. The molecule has 0 aliphatic rings. The highest BCUT2D eigenvalue weighted by molar-refractivity contribution is 5.79. The van der Waals surface area contributed by atoms with Crippen LogP contribution in [0.1, 0.15) is 51.1 Å². The molecule has 8 heteroatoms. The number of tetrazole rings is 1. The van der Waals surface area contributed by atoms with Gasteiger partial charge in [-0.05, 0) is 62.1 Å². The van der Waals surface area contributed by atoms with Gasteiger partial charge in [-0.25, -0.2) is 4.79 Å². The minimum absolute atomic E-state index is 0.0519. The standard InChI is InChI=1S/C24H29N7O/c1-6-7-21-16(2)31(24(3,4)5)23(32)30(21)15-17-8-10-18(11-9-17)19-12-13-25-14-20(19)22-26-28-29-27-22/h8-14H,6-7,15H2,1-5H3,(H,26,27,28,29). The molecule has 4 aromatic rings. The molecule has 1 N–H and O–H groups in total. The van der Waals surface area contributed by atoms with E-state index in [9.17, 15) is 4.79 Å². The van der Waals surface area contributed by atoms with Crippen molar-refractivity contribution in [3.05, 3.63) is 70.2 Å². The Bertz CT molecular complexity index is 1260. The quantitative estimate of drug-likeness (QED) is 0.499. The Morgan fingerprint density at radius 3 is 2.44 bits per heavy atom. The minimum atomic E-state index is -0.258. The third-order valence-corrected chi connectivity index (χ3v) is 5.67. The first kappa shape index (κ1) is 21.7. The fourth-order valence-electron chi connectivity index (χ4n) is 4.28. The van der Waals surface area contributed by atoms with Gasteiger partial charge in [-0.15, -0.1) is 10.2 Å². The number of hydrogen-bond donors (Lipinski definition) is 1. The largest absolute Gasteiger partial charge is 0.329 e. The summed E-state index contributed by atoms with van der Waals surface area (Å²) in [5, 5.41) is 14.3. The number of imidazole rings is 1. The van der Waals surface area contributed by atoms with Crippen LogP contribution in [0.3, 0.4) is 0 Å². The highest BCUT2D eigenvalue weighted by atomic mass is 16.2. The highest BCUT2D eigenvalue weighted by Crippen LogP contribution is 2.29. The van der Waals surface area contributed by atoms with Crippen molar-refractivity contribution in [2.75, 3.05) is 0 Å². The van der Waals surface area contributed by atoms with Crippen LogP contribution < -0.4 is 5.69 Å². The monoisotopic (exact) mass is 431 g/mol. The minimum Gasteiger partial charge on any atom is -0.292 e. The number of pyridine rings is 1. The van der Waals surface area contributed by atoms with Gasteiger partial charge in [0.15, 0.2) is 0 Å². The van der Waals surface area contributed by atoms with Crippen molar-refractivity contribution in [3.63, 3.8) is 0 Å². The van der Waals surface area contributed by atoms with E-state index in [1.807, 2.05) is 15.2 Å². The Hall–Kier alpha value is -3.55. The van der Waals surface area contributed by atoms with Crippen LogP contribution in [0, 0.1) is 6.92 Å². The molecular weight excluding hydrogens is 402 g/mol. The number of nitrogens with zero attached hydrogens (tertiary/aromatic N) is 6. The summed E-state index contributed by atoms with van der Waals surface area (Å²) in [4.78, 5) is 17.5. The highest BCUT2D eigenvalue weighted by Gasteiger charge is 2.24. The van der Waals surface area contributed by atoms with Crippen LogP contribution in [0.4, 0.5) is 0 Å². The van der Waals surface area contributed by atoms with Crippen molar-refractivity contribution in [2.24, 2.45) is 0 Å². The topological polar surface area (TPSA) is 94.3 Å². The van der Waals surface area contributed by atoms with Gasteiger partial charge in [-0.3, -0.25) is 14.1 Å². The molecule has 0 amide bonds. The maximum Gasteiger partial charge on any atom is 0.329 e. The number of rotatable bonds is 6. The van der Waals surface area contributed by atoms with Crippen LogP contribution in [-0.2, 0) is 18.5 Å². The molecule has 0 saturated heterocycles. The molecule has 0 aliphatic heterocycles. The zero-order valence-electron chi connectivity index (χ0n) is 19.3. The lowest BCUT2D eigenvalue weighted by molar-refractivity contribution is 0.373. The first-order valence-corrected chi connectivity index (χ1v) is 10.9. The number of aromatic nitrogens is 7. The van der Waals surface area contributed by atoms with Gasteiger partial charge >= 0.3 is 5.69 Å². The average Bonchev–Trinajstić information content (AvgIpc) is 3.37. The van der Waals surface area contributed by atoms with Crippen LogP contribution in [0.2, 0.25) is 0 Å². The second-order valence-electron chi connectivity index (χ2n) is 9.01. The summed E-state index contributed by atoms with van der Waals surface area (Å²) in [7, 11) is 0. The van der Waals surface area contributed by atoms with E-state index in [1.54, 1.807) is 12.4 Å². The van der Waals surface area contributed by atoms with E-state index in [0.717, 1.165) is 46.5 Å². The molecule has 0 fully saturated rings. The molecule has 0 bridgehead atoms. The third kappa shape index (κ3) is 4.00. The first-order valence-electron chi connectivity index (χ1n) is 10.9. The molecule has 0 spiro atoms. The van der Waals surface area contributed by atoms with Gasteiger partial charge in [0.1, 0.15) is 0 Å². The lowest BCUT2D eigenvalue weighted by Gasteiger charge is -2.21. The van der Waals surface area contributed by atoms with E-state index in [1.165, 1.54) is 0 Å². The Morgan fingerprint density at radius 2 is 1.81 bits per heavy atom. The van der Waals surface area contributed by atoms with Gasteiger partial charge in [0, 0.05) is 34.9 Å². The predicted octanol–water partition coefficient (Wildman–Crippen LogP) is 3.96. The molecule has 8 nitrogen and oxygen atoms in total. The van der Waals surface area contributed by atoms with E-state index < -0.39 is 0 Å². The molecular formula is C24H29N7O. The lowest BCUT2D eigenvalue weighted by atomic mass is 10.00. The lowest BCUT2D eigenvalue weighted by Crippen LogP contribution is -2.35. The number of hydrogen-bond acceptors (Lipinski definition) is 5. The van der Waals surface area contributed by atoms with Crippen LogP contribution >= 0.6 is 0 Å². The van der Waals surface area contributed by atoms with Crippen LogP contribution in [0.15, 0.2) is 47.5 Å². The zero-order chi connectivity index (χ0) is 22.9. The summed E-state index contributed by atoms with van der Waals surface area (Å²) in [6.07, 6.45) is 5.37. The maximum absolute atomic E-state index is 13.3. The summed E-state index contributed by atoms with van der Waals surface area (Å²) < 4.78 is 3.84. The van der Waals surface area contributed by atoms with Crippen molar-refractivity contribution < 1.29 is 0 Å². The maximum atomic E-state index is 13.3. The Kier molecular flexibility index (Phi) is 5.78. The summed E-state index contributed by atoms with van der Waals surface area (Å²) in [5.74, 6) is 0.506. The molecule has 4 rings (SSSR count). The second kappa shape index (κ2) is 8.53. The summed E-state index contributed by atoms with van der Waals surface area (Å²) in [6, 6.07) is 10.2. The molecule has 166 valence electrons. The molecule has 0 saturated carbocycles. The van der Waals surface area contributed by atoms with Gasteiger partial charge in [0.2, 0.25) is 5.82 Å². The average molecular weight is 432 g/mol. The summed E-state index contributed by atoms with van der Waals surface area (Å²) in [6.45, 7) is 11.0. The second-order valence-corrected chi connectivity index (χ2v) is 9.01. The molecule has 0 radical (unpaired) electrons. The van der Waals surface area contributed by atoms with Gasteiger partial charge in [-0.2, -0.15) is 5.21 Å². The Morgan fingerprint density at radius 1 is 1.06 bits per heavy atom. The predicted molar refractivity (Wildman–Crippen MR) is 124 cm³/mol. The van der Waals surface area contributed by atoms with Gasteiger partial charge in [-0.1, -0.05) is 37.6 Å². The smallest absolute Gasteiger partial charge is 0.292 e. The van der Waals surface area contributed by atoms with E-state index in [2.05, 4.69) is 84.5 Å². The van der Waals surface area contributed by atoms with E-state index in [0.29, 0.717) is 12.4 Å². The number of nitrogens with one attached hydrogen (secondary N) is 1. The van der Waals surface area contributed by atoms with Crippen LogP contribution in [0.25, 0.3) is 22.5 Å². The van der Waals surface area contributed by atoms with Gasteiger partial charge in [0.05, 0.1) is 6.54 Å². The molecule has 1 aromatic carbocycles. The van der Waals surface area contributed by atoms with E-state index in [4.69, 9.17) is 0 Å². The summed E-state index contributed by atoms with van der Waals surface area (Å²) >= 11 is 0. The van der Waals surface area contributed by atoms with Crippen molar-refractivity contribution in [1.29, 1.82) is 0 Å². The molecule has 0 unspecified atom stereocenters. The fourth-order valence-corrected chi connectivity index (χ4v) is 4.28.